The lowest BCUT2D eigenvalue weighted by Gasteiger charge is -2.25. The first-order valence-corrected chi connectivity index (χ1v) is 9.71. The third-order valence-electron chi connectivity index (χ3n) is 4.21. The number of hydrogen-bond acceptors (Lipinski definition) is 4. The first-order chi connectivity index (χ1) is 11.9. The summed E-state index contributed by atoms with van der Waals surface area (Å²) in [4.78, 5) is 15.3. The summed E-state index contributed by atoms with van der Waals surface area (Å²) in [5, 5.41) is 9.04. The molecule has 2 heterocycles. The average molecular weight is 381 g/mol. The molecule has 0 radical (unpaired) electrons. The second-order valence-electron chi connectivity index (χ2n) is 5.86. The van der Waals surface area contributed by atoms with E-state index >= 15 is 0 Å². The molecule has 1 aromatic heterocycles. The second kappa shape index (κ2) is 7.11. The Hall–Kier alpha value is -1.96. The van der Waals surface area contributed by atoms with Gasteiger partial charge in [0.15, 0.2) is 0 Å². The van der Waals surface area contributed by atoms with Crippen molar-refractivity contribution in [3.8, 4) is 11.1 Å². The molecule has 8 heteroatoms. The van der Waals surface area contributed by atoms with Crippen molar-refractivity contribution < 1.29 is 18.3 Å². The third kappa shape index (κ3) is 3.68. The van der Waals surface area contributed by atoms with Gasteiger partial charge in [-0.25, -0.2) is 18.2 Å². The van der Waals surface area contributed by atoms with Crippen LogP contribution >= 0.6 is 11.6 Å². The summed E-state index contributed by atoms with van der Waals surface area (Å²) in [6.45, 7) is 1.10. The van der Waals surface area contributed by atoms with E-state index in [1.807, 2.05) is 0 Å². The van der Waals surface area contributed by atoms with Gasteiger partial charge in [0.05, 0.1) is 10.5 Å². The standard InChI is InChI=1S/C17H17ClN2O4S/c18-16-15(17(21)22)10-13(11-19-16)12-4-6-14(7-5-12)25(23,24)20-8-2-1-3-9-20/h4-7,10-11H,1-3,8-9H2,(H,21,22). The predicted molar refractivity (Wildman–Crippen MR) is 94.3 cm³/mol. The van der Waals surface area contributed by atoms with Crippen LogP contribution in [0.5, 0.6) is 0 Å². The van der Waals surface area contributed by atoms with Crippen molar-refractivity contribution in [2.75, 3.05) is 13.1 Å². The fourth-order valence-electron chi connectivity index (χ4n) is 2.83. The second-order valence-corrected chi connectivity index (χ2v) is 8.15. The van der Waals surface area contributed by atoms with Crippen molar-refractivity contribution in [3.05, 3.63) is 47.2 Å². The van der Waals surface area contributed by atoms with Gasteiger partial charge in [-0.1, -0.05) is 30.2 Å². The molecule has 0 bridgehead atoms. The Morgan fingerprint density at radius 2 is 1.72 bits per heavy atom. The molecule has 6 nitrogen and oxygen atoms in total. The molecule has 1 saturated heterocycles. The van der Waals surface area contributed by atoms with Gasteiger partial charge in [0, 0.05) is 24.8 Å². The quantitative estimate of drug-likeness (QED) is 0.822. The molecule has 1 aliphatic heterocycles. The summed E-state index contributed by atoms with van der Waals surface area (Å²) < 4.78 is 26.8. The Labute approximate surface area is 151 Å². The molecule has 0 saturated carbocycles. The van der Waals surface area contributed by atoms with Gasteiger partial charge in [-0.2, -0.15) is 4.31 Å². The number of benzene rings is 1. The van der Waals surface area contributed by atoms with Crippen molar-refractivity contribution in [1.82, 2.24) is 9.29 Å². The van der Waals surface area contributed by atoms with Crippen molar-refractivity contribution in [2.45, 2.75) is 24.2 Å². The highest BCUT2D eigenvalue weighted by atomic mass is 35.5. The van der Waals surface area contributed by atoms with E-state index in [1.54, 1.807) is 12.1 Å². The molecule has 1 aromatic carbocycles. The van der Waals surface area contributed by atoms with Crippen molar-refractivity contribution in [1.29, 1.82) is 0 Å². The number of aromatic carboxylic acids is 1. The van der Waals surface area contributed by atoms with Crippen molar-refractivity contribution >= 4 is 27.6 Å². The largest absolute Gasteiger partial charge is 0.478 e. The molecule has 25 heavy (non-hydrogen) atoms. The number of hydrogen-bond donors (Lipinski definition) is 1. The first kappa shape index (κ1) is 17.8. The lowest BCUT2D eigenvalue weighted by atomic mass is 10.1. The van der Waals surface area contributed by atoms with Crippen molar-refractivity contribution in [2.24, 2.45) is 0 Å². The minimum Gasteiger partial charge on any atom is -0.478 e. The molecule has 2 aromatic rings. The van der Waals surface area contributed by atoms with E-state index in [1.165, 1.54) is 28.7 Å². The molecule has 3 rings (SSSR count). The van der Waals surface area contributed by atoms with Crippen LogP contribution < -0.4 is 0 Å². The third-order valence-corrected chi connectivity index (χ3v) is 6.42. The summed E-state index contributed by atoms with van der Waals surface area (Å²) in [7, 11) is -3.49. The Kier molecular flexibility index (Phi) is 5.08. The number of carboxylic acids is 1. The number of halogens is 1. The topological polar surface area (TPSA) is 87.6 Å². The van der Waals surface area contributed by atoms with E-state index in [9.17, 15) is 13.2 Å². The molecule has 0 spiro atoms. The van der Waals surface area contributed by atoms with Gasteiger partial charge in [0.2, 0.25) is 10.0 Å². The van der Waals surface area contributed by atoms with E-state index in [2.05, 4.69) is 4.98 Å². The SMILES string of the molecule is O=C(O)c1cc(-c2ccc(S(=O)(=O)N3CCCCC3)cc2)cnc1Cl. The summed E-state index contributed by atoms with van der Waals surface area (Å²) in [6, 6.07) is 7.79. The normalized spacial score (nSPS) is 15.9. The van der Waals surface area contributed by atoms with E-state index < -0.39 is 16.0 Å². The number of nitrogens with zero attached hydrogens (tertiary/aromatic N) is 2. The molecule has 0 amide bonds. The van der Waals surface area contributed by atoms with Crippen LogP contribution in [0.25, 0.3) is 11.1 Å². The zero-order valence-corrected chi connectivity index (χ0v) is 14.9. The number of carbonyl (C=O) groups is 1. The van der Waals surface area contributed by atoms with Crippen LogP contribution in [0.1, 0.15) is 29.6 Å². The lowest BCUT2D eigenvalue weighted by Crippen LogP contribution is -2.35. The molecule has 1 N–H and O–H groups in total. The summed E-state index contributed by atoms with van der Waals surface area (Å²) in [5.74, 6) is -1.16. The summed E-state index contributed by atoms with van der Waals surface area (Å²) in [6.07, 6.45) is 4.28. The van der Waals surface area contributed by atoms with Crippen LogP contribution in [0, 0.1) is 0 Å². The van der Waals surface area contributed by atoms with Crippen LogP contribution in [-0.4, -0.2) is 41.9 Å². The van der Waals surface area contributed by atoms with Crippen LogP contribution in [0.4, 0.5) is 0 Å². The van der Waals surface area contributed by atoms with Gasteiger partial charge in [-0.15, -0.1) is 0 Å². The molecular formula is C17H17ClN2O4S. The fourth-order valence-corrected chi connectivity index (χ4v) is 4.53. The van der Waals surface area contributed by atoms with Gasteiger partial charge < -0.3 is 5.11 Å². The van der Waals surface area contributed by atoms with Gasteiger partial charge in [-0.05, 0) is 36.6 Å². The Bertz CT molecular complexity index is 891. The van der Waals surface area contributed by atoms with Crippen LogP contribution in [0.3, 0.4) is 0 Å². The van der Waals surface area contributed by atoms with E-state index in [0.717, 1.165) is 19.3 Å². The number of aromatic nitrogens is 1. The van der Waals surface area contributed by atoms with Gasteiger partial charge in [0.25, 0.3) is 0 Å². The highest BCUT2D eigenvalue weighted by Gasteiger charge is 2.25. The van der Waals surface area contributed by atoms with E-state index in [4.69, 9.17) is 16.7 Å². The smallest absolute Gasteiger partial charge is 0.338 e. The molecule has 0 atom stereocenters. The molecule has 0 aliphatic carbocycles. The predicted octanol–water partition coefficient (Wildman–Crippen LogP) is 3.27. The number of rotatable bonds is 4. The molecular weight excluding hydrogens is 364 g/mol. The van der Waals surface area contributed by atoms with Gasteiger partial charge in [0.1, 0.15) is 5.15 Å². The molecule has 0 unspecified atom stereocenters. The zero-order chi connectivity index (χ0) is 18.0. The highest BCUT2D eigenvalue weighted by molar-refractivity contribution is 7.89. The average Bonchev–Trinajstić information content (AvgIpc) is 2.63. The number of carboxylic acid groups (broad SMARTS) is 1. The summed E-state index contributed by atoms with van der Waals surface area (Å²) >= 11 is 5.77. The van der Waals surface area contributed by atoms with Crippen LogP contribution in [0.15, 0.2) is 41.4 Å². The minimum absolute atomic E-state index is 0.0828. The van der Waals surface area contributed by atoms with Gasteiger partial charge >= 0.3 is 5.97 Å². The first-order valence-electron chi connectivity index (χ1n) is 7.89. The maximum absolute atomic E-state index is 12.6. The van der Waals surface area contributed by atoms with Crippen LogP contribution in [0.2, 0.25) is 5.15 Å². The zero-order valence-electron chi connectivity index (χ0n) is 13.4. The Morgan fingerprint density at radius 3 is 2.32 bits per heavy atom. The molecule has 132 valence electrons. The number of piperidine rings is 1. The van der Waals surface area contributed by atoms with Crippen LogP contribution in [-0.2, 0) is 10.0 Å². The van der Waals surface area contributed by atoms with E-state index in [0.29, 0.717) is 24.2 Å². The van der Waals surface area contributed by atoms with Crippen molar-refractivity contribution in [3.63, 3.8) is 0 Å². The molecule has 1 fully saturated rings. The monoisotopic (exact) mass is 380 g/mol. The Balaban J connectivity index is 1.90. The number of sulfonamides is 1. The highest BCUT2D eigenvalue weighted by Crippen LogP contribution is 2.26. The fraction of sp³-hybridized carbons (Fsp3) is 0.294. The number of pyridine rings is 1. The molecule has 1 aliphatic rings. The maximum Gasteiger partial charge on any atom is 0.338 e. The minimum atomic E-state index is -3.49. The summed E-state index contributed by atoms with van der Waals surface area (Å²) in [5.41, 5.74) is 1.14. The Morgan fingerprint density at radius 1 is 1.08 bits per heavy atom. The lowest BCUT2D eigenvalue weighted by molar-refractivity contribution is 0.0696. The maximum atomic E-state index is 12.6. The van der Waals surface area contributed by atoms with E-state index in [-0.39, 0.29) is 15.6 Å². The van der Waals surface area contributed by atoms with Gasteiger partial charge in [-0.3, -0.25) is 0 Å².